The third kappa shape index (κ3) is 2.20. The van der Waals surface area contributed by atoms with Gasteiger partial charge in [-0.3, -0.25) is 19.5 Å². The lowest BCUT2D eigenvalue weighted by molar-refractivity contribution is 0.0974. The number of fused-ring (bicyclic) bond motifs is 1. The van der Waals surface area contributed by atoms with Crippen LogP contribution in [0.4, 0.5) is 17.5 Å². The van der Waals surface area contributed by atoms with Crippen molar-refractivity contribution in [2.45, 2.75) is 25.9 Å². The fourth-order valence-electron chi connectivity index (χ4n) is 2.58. The number of rotatable bonds is 1. The molecular formula is C15H17N5O2. The highest BCUT2D eigenvalue weighted by Gasteiger charge is 2.36. The Labute approximate surface area is 127 Å². The molecule has 3 rings (SSSR count). The second-order valence-electron chi connectivity index (χ2n) is 5.36. The van der Waals surface area contributed by atoms with Crippen LogP contribution in [0.2, 0.25) is 0 Å². The Morgan fingerprint density at radius 3 is 2.64 bits per heavy atom. The second-order valence-corrected chi connectivity index (χ2v) is 5.36. The summed E-state index contributed by atoms with van der Waals surface area (Å²) in [4.78, 5) is 33.1. The van der Waals surface area contributed by atoms with E-state index in [2.05, 4.69) is 15.3 Å². The summed E-state index contributed by atoms with van der Waals surface area (Å²) in [5.74, 6) is 0.112. The van der Waals surface area contributed by atoms with Crippen molar-refractivity contribution in [2.75, 3.05) is 16.0 Å². The number of aromatic nitrogens is 2. The quantitative estimate of drug-likeness (QED) is 0.734. The van der Waals surface area contributed by atoms with E-state index in [1.807, 2.05) is 19.9 Å². The summed E-state index contributed by atoms with van der Waals surface area (Å²) in [7, 11) is 0. The Balaban J connectivity index is 2.15. The van der Waals surface area contributed by atoms with Crippen molar-refractivity contribution in [1.29, 1.82) is 0 Å². The van der Waals surface area contributed by atoms with Crippen molar-refractivity contribution in [3.05, 3.63) is 46.2 Å². The Morgan fingerprint density at radius 1 is 1.27 bits per heavy atom. The first-order valence-corrected chi connectivity index (χ1v) is 7.04. The molecule has 1 amide bonds. The minimum absolute atomic E-state index is 0.0186. The van der Waals surface area contributed by atoms with Gasteiger partial charge in [-0.15, -0.1) is 0 Å². The van der Waals surface area contributed by atoms with Crippen LogP contribution in [0.1, 0.15) is 24.2 Å². The fraction of sp³-hybridized carbons (Fsp3) is 0.267. The van der Waals surface area contributed by atoms with E-state index in [9.17, 15) is 9.59 Å². The number of hydrogen-bond acceptors (Lipinski definition) is 5. The molecule has 7 heteroatoms. The molecule has 0 spiro atoms. The van der Waals surface area contributed by atoms with Crippen LogP contribution in [0, 0.1) is 0 Å². The Bertz CT molecular complexity index is 771. The van der Waals surface area contributed by atoms with Gasteiger partial charge < -0.3 is 11.1 Å². The molecule has 0 fully saturated rings. The number of amides is 1. The average molecular weight is 299 g/mol. The van der Waals surface area contributed by atoms with Crippen molar-refractivity contribution in [3.63, 3.8) is 0 Å². The number of aromatic amines is 1. The van der Waals surface area contributed by atoms with Crippen LogP contribution >= 0.6 is 0 Å². The SMILES string of the molecule is CC1Nc2nc(N)[nH]c(=O)c2N(C(=O)c2ccccc2)C1C. The zero-order chi connectivity index (χ0) is 15.9. The van der Waals surface area contributed by atoms with Crippen LogP contribution in [0.15, 0.2) is 35.1 Å². The summed E-state index contributed by atoms with van der Waals surface area (Å²) >= 11 is 0. The highest BCUT2D eigenvalue weighted by atomic mass is 16.2. The van der Waals surface area contributed by atoms with Gasteiger partial charge in [0.1, 0.15) is 0 Å². The molecule has 1 aromatic carbocycles. The third-order valence-corrected chi connectivity index (χ3v) is 3.89. The molecule has 7 nitrogen and oxygen atoms in total. The number of hydrogen-bond donors (Lipinski definition) is 3. The molecule has 1 aromatic heterocycles. The molecule has 0 bridgehead atoms. The summed E-state index contributed by atoms with van der Waals surface area (Å²) in [5, 5.41) is 3.12. The number of nitrogens with two attached hydrogens (primary N) is 1. The largest absolute Gasteiger partial charge is 0.369 e. The van der Waals surface area contributed by atoms with Crippen LogP contribution in [-0.2, 0) is 0 Å². The minimum atomic E-state index is -0.432. The zero-order valence-electron chi connectivity index (χ0n) is 12.3. The minimum Gasteiger partial charge on any atom is -0.369 e. The third-order valence-electron chi connectivity index (χ3n) is 3.89. The molecule has 0 saturated carbocycles. The topological polar surface area (TPSA) is 104 Å². The molecule has 2 aromatic rings. The predicted molar refractivity (Wildman–Crippen MR) is 85.1 cm³/mol. The number of H-pyrrole nitrogens is 1. The first kappa shape index (κ1) is 14.1. The number of carbonyl (C=O) groups is 1. The molecule has 4 N–H and O–H groups in total. The normalized spacial score (nSPS) is 20.2. The molecule has 1 aliphatic rings. The van der Waals surface area contributed by atoms with Gasteiger partial charge in [0, 0.05) is 11.6 Å². The standard InChI is InChI=1S/C15H17N5O2/c1-8-9(2)20(14(22)10-6-4-3-5-7-10)11-12(17-8)18-15(16)19-13(11)21/h3-9H,1-2H3,(H4,16,17,18,19,21). The molecule has 2 heterocycles. The molecule has 2 unspecified atom stereocenters. The van der Waals surface area contributed by atoms with E-state index < -0.39 is 5.56 Å². The monoisotopic (exact) mass is 299 g/mol. The van der Waals surface area contributed by atoms with E-state index in [1.165, 1.54) is 4.90 Å². The van der Waals surface area contributed by atoms with E-state index in [0.717, 1.165) is 0 Å². The van der Waals surface area contributed by atoms with Gasteiger partial charge in [0.05, 0.1) is 6.04 Å². The molecule has 114 valence electrons. The van der Waals surface area contributed by atoms with Gasteiger partial charge >= 0.3 is 0 Å². The predicted octanol–water partition coefficient (Wildman–Crippen LogP) is 1.20. The lowest BCUT2D eigenvalue weighted by Crippen LogP contribution is -2.53. The smallest absolute Gasteiger partial charge is 0.278 e. The first-order valence-electron chi connectivity index (χ1n) is 7.04. The highest BCUT2D eigenvalue weighted by Crippen LogP contribution is 2.30. The zero-order valence-corrected chi connectivity index (χ0v) is 12.3. The van der Waals surface area contributed by atoms with Gasteiger partial charge in [0.2, 0.25) is 5.95 Å². The van der Waals surface area contributed by atoms with Crippen LogP contribution in [0.5, 0.6) is 0 Å². The number of nitrogen functional groups attached to an aromatic ring is 1. The molecule has 0 radical (unpaired) electrons. The number of carbonyl (C=O) groups excluding carboxylic acids is 1. The van der Waals surface area contributed by atoms with Crippen LogP contribution < -0.4 is 21.5 Å². The van der Waals surface area contributed by atoms with E-state index >= 15 is 0 Å². The molecule has 2 atom stereocenters. The summed E-state index contributed by atoms with van der Waals surface area (Å²) < 4.78 is 0. The molecule has 0 aliphatic carbocycles. The van der Waals surface area contributed by atoms with E-state index in [0.29, 0.717) is 11.4 Å². The van der Waals surface area contributed by atoms with Gasteiger partial charge in [0.25, 0.3) is 11.5 Å². The lowest BCUT2D eigenvalue weighted by Gasteiger charge is -2.38. The van der Waals surface area contributed by atoms with Gasteiger partial charge in [-0.05, 0) is 26.0 Å². The maximum atomic E-state index is 12.8. The van der Waals surface area contributed by atoms with Crippen LogP contribution in [0.25, 0.3) is 0 Å². The first-order chi connectivity index (χ1) is 10.5. The number of nitrogens with zero attached hydrogens (tertiary/aromatic N) is 2. The van der Waals surface area contributed by atoms with Gasteiger partial charge in [0.15, 0.2) is 11.5 Å². The Morgan fingerprint density at radius 2 is 1.95 bits per heavy atom. The van der Waals surface area contributed by atoms with Crippen molar-refractivity contribution < 1.29 is 4.79 Å². The maximum Gasteiger partial charge on any atom is 0.278 e. The molecule has 1 aliphatic heterocycles. The highest BCUT2D eigenvalue weighted by molar-refractivity contribution is 6.08. The van der Waals surface area contributed by atoms with Crippen LogP contribution in [-0.4, -0.2) is 28.0 Å². The van der Waals surface area contributed by atoms with Gasteiger partial charge in [-0.25, -0.2) is 0 Å². The number of nitrogens with one attached hydrogen (secondary N) is 2. The van der Waals surface area contributed by atoms with Crippen molar-refractivity contribution in [3.8, 4) is 0 Å². The van der Waals surface area contributed by atoms with Crippen molar-refractivity contribution in [1.82, 2.24) is 9.97 Å². The van der Waals surface area contributed by atoms with E-state index in [4.69, 9.17) is 5.73 Å². The van der Waals surface area contributed by atoms with Gasteiger partial charge in [-0.1, -0.05) is 18.2 Å². The maximum absolute atomic E-state index is 12.8. The number of anilines is 3. The molecule has 22 heavy (non-hydrogen) atoms. The average Bonchev–Trinajstić information content (AvgIpc) is 2.49. The second kappa shape index (κ2) is 5.18. The summed E-state index contributed by atoms with van der Waals surface area (Å²) in [5.41, 5.74) is 5.87. The summed E-state index contributed by atoms with van der Waals surface area (Å²) in [6.07, 6.45) is 0. The summed E-state index contributed by atoms with van der Waals surface area (Å²) in [6, 6.07) is 8.59. The Hall–Kier alpha value is -2.83. The number of benzene rings is 1. The van der Waals surface area contributed by atoms with Crippen molar-refractivity contribution in [2.24, 2.45) is 0 Å². The Kier molecular flexibility index (Phi) is 3.32. The van der Waals surface area contributed by atoms with E-state index in [-0.39, 0.29) is 29.6 Å². The fourth-order valence-corrected chi connectivity index (χ4v) is 2.58. The summed E-state index contributed by atoms with van der Waals surface area (Å²) in [6.45, 7) is 3.81. The van der Waals surface area contributed by atoms with E-state index in [1.54, 1.807) is 24.3 Å². The molecule has 0 saturated heterocycles. The molecular weight excluding hydrogens is 282 g/mol. The van der Waals surface area contributed by atoms with Crippen LogP contribution in [0.3, 0.4) is 0 Å². The van der Waals surface area contributed by atoms with Crippen molar-refractivity contribution >= 4 is 23.4 Å². The van der Waals surface area contributed by atoms with Gasteiger partial charge in [-0.2, -0.15) is 4.98 Å². The lowest BCUT2D eigenvalue weighted by atomic mass is 10.0.